The number of rotatable bonds is 7. The van der Waals surface area contributed by atoms with E-state index in [1.165, 1.54) is 0 Å². The van der Waals surface area contributed by atoms with E-state index in [1.54, 1.807) is 6.92 Å². The second-order valence-electron chi connectivity index (χ2n) is 7.14. The highest BCUT2D eigenvalue weighted by Gasteiger charge is 2.18. The van der Waals surface area contributed by atoms with Gasteiger partial charge in [-0.15, -0.1) is 0 Å². The lowest BCUT2D eigenvalue weighted by molar-refractivity contribution is -0.122. The van der Waals surface area contributed by atoms with Crippen molar-refractivity contribution in [1.82, 2.24) is 0 Å². The van der Waals surface area contributed by atoms with Gasteiger partial charge < -0.3 is 14.8 Å². The molecule has 0 heterocycles. The summed E-state index contributed by atoms with van der Waals surface area (Å²) >= 11 is 0. The molecule has 0 spiro atoms. The minimum absolute atomic E-state index is 0.0824. The summed E-state index contributed by atoms with van der Waals surface area (Å²) in [6.45, 7) is 11.9. The van der Waals surface area contributed by atoms with E-state index in [-0.39, 0.29) is 12.0 Å². The maximum Gasteiger partial charge on any atom is 0.265 e. The molecule has 0 saturated heterocycles. The predicted octanol–water partition coefficient (Wildman–Crippen LogP) is 5.31. The summed E-state index contributed by atoms with van der Waals surface area (Å²) in [4.78, 5) is 12.5. The first-order valence-electron chi connectivity index (χ1n) is 9.11. The first-order valence-corrected chi connectivity index (χ1v) is 9.11. The molecule has 0 aliphatic heterocycles. The van der Waals surface area contributed by atoms with Crippen LogP contribution in [0.5, 0.6) is 11.5 Å². The van der Waals surface area contributed by atoms with E-state index in [0.29, 0.717) is 11.6 Å². The Morgan fingerprint density at radius 2 is 1.69 bits per heavy atom. The van der Waals surface area contributed by atoms with E-state index >= 15 is 0 Å². The first kappa shape index (κ1) is 19.8. The van der Waals surface area contributed by atoms with Crippen LogP contribution in [0.1, 0.15) is 51.7 Å². The van der Waals surface area contributed by atoms with Gasteiger partial charge in [-0.25, -0.2) is 0 Å². The molecule has 1 N–H and O–H groups in total. The van der Waals surface area contributed by atoms with E-state index in [0.717, 1.165) is 22.6 Å². The number of benzene rings is 2. The van der Waals surface area contributed by atoms with Crippen LogP contribution in [0.3, 0.4) is 0 Å². The molecule has 0 bridgehead atoms. The van der Waals surface area contributed by atoms with Crippen LogP contribution in [-0.2, 0) is 4.79 Å². The molecule has 0 aliphatic carbocycles. The van der Waals surface area contributed by atoms with Crippen molar-refractivity contribution in [2.24, 2.45) is 0 Å². The van der Waals surface area contributed by atoms with Crippen molar-refractivity contribution >= 4 is 11.6 Å². The van der Waals surface area contributed by atoms with E-state index in [2.05, 4.69) is 31.3 Å². The lowest BCUT2D eigenvalue weighted by atomic mass is 10.0. The fourth-order valence-electron chi connectivity index (χ4n) is 2.63. The summed E-state index contributed by atoms with van der Waals surface area (Å²) in [7, 11) is 0. The third-order valence-electron chi connectivity index (χ3n) is 3.94. The fourth-order valence-corrected chi connectivity index (χ4v) is 2.63. The zero-order chi connectivity index (χ0) is 19.3. The molecule has 4 nitrogen and oxygen atoms in total. The molecule has 0 saturated carbocycles. The molecule has 2 rings (SSSR count). The van der Waals surface area contributed by atoms with Crippen molar-refractivity contribution in [1.29, 1.82) is 0 Å². The third kappa shape index (κ3) is 5.51. The van der Waals surface area contributed by atoms with Crippen LogP contribution in [0.25, 0.3) is 0 Å². The van der Waals surface area contributed by atoms with Gasteiger partial charge in [0.2, 0.25) is 0 Å². The fraction of sp³-hybridized carbons (Fsp3) is 0.409. The van der Waals surface area contributed by atoms with Crippen LogP contribution in [0.2, 0.25) is 0 Å². The number of aryl methyl sites for hydroxylation is 1. The van der Waals surface area contributed by atoms with E-state index in [4.69, 9.17) is 9.47 Å². The van der Waals surface area contributed by atoms with Crippen LogP contribution < -0.4 is 14.8 Å². The van der Waals surface area contributed by atoms with Crippen LogP contribution in [0.4, 0.5) is 5.69 Å². The molecule has 0 aromatic heterocycles. The molecule has 0 aliphatic rings. The van der Waals surface area contributed by atoms with Crippen LogP contribution in [-0.4, -0.2) is 18.1 Å². The summed E-state index contributed by atoms with van der Waals surface area (Å²) < 4.78 is 11.6. The van der Waals surface area contributed by atoms with Crippen molar-refractivity contribution in [3.05, 3.63) is 53.6 Å². The van der Waals surface area contributed by atoms with Crippen molar-refractivity contribution < 1.29 is 14.3 Å². The SMILES string of the molecule is Cc1ccc(C(C)C)c(O[C@H](C)C(=O)Nc2cccc(OC(C)C)c2)c1. The zero-order valence-electron chi connectivity index (χ0n) is 16.5. The Morgan fingerprint density at radius 1 is 0.962 bits per heavy atom. The van der Waals surface area contributed by atoms with Crippen LogP contribution >= 0.6 is 0 Å². The Morgan fingerprint density at radius 3 is 2.35 bits per heavy atom. The molecular formula is C22H29NO3. The lowest BCUT2D eigenvalue weighted by Crippen LogP contribution is -2.30. The Kier molecular flexibility index (Phi) is 6.67. The van der Waals surface area contributed by atoms with Gasteiger partial charge in [0.05, 0.1) is 6.10 Å². The molecule has 0 fully saturated rings. The van der Waals surface area contributed by atoms with E-state index in [1.807, 2.05) is 51.1 Å². The molecule has 4 heteroatoms. The van der Waals surface area contributed by atoms with E-state index in [9.17, 15) is 4.79 Å². The number of hydrogen-bond donors (Lipinski definition) is 1. The normalized spacial score (nSPS) is 12.2. The largest absolute Gasteiger partial charge is 0.491 e. The van der Waals surface area contributed by atoms with Gasteiger partial charge in [0.15, 0.2) is 6.10 Å². The number of nitrogens with one attached hydrogen (secondary N) is 1. The Hall–Kier alpha value is -2.49. The molecule has 140 valence electrons. The van der Waals surface area contributed by atoms with Gasteiger partial charge in [0.1, 0.15) is 11.5 Å². The highest BCUT2D eigenvalue weighted by atomic mass is 16.5. The number of carbonyl (C=O) groups excluding carboxylic acids is 1. The van der Waals surface area contributed by atoms with Crippen LogP contribution in [0.15, 0.2) is 42.5 Å². The van der Waals surface area contributed by atoms with Gasteiger partial charge in [0, 0.05) is 11.8 Å². The average molecular weight is 355 g/mol. The minimum Gasteiger partial charge on any atom is -0.491 e. The standard InChI is InChI=1S/C22H29NO3/c1-14(2)20-11-10-16(5)12-21(20)26-17(6)22(24)23-18-8-7-9-19(13-18)25-15(3)4/h7-15,17H,1-6H3,(H,23,24)/t17-/m1/s1. The maximum absolute atomic E-state index is 12.5. The smallest absolute Gasteiger partial charge is 0.265 e. The number of amides is 1. The molecule has 2 aromatic rings. The van der Waals surface area contributed by atoms with Crippen molar-refractivity contribution in [2.45, 2.75) is 59.7 Å². The van der Waals surface area contributed by atoms with Crippen molar-refractivity contribution in [3.8, 4) is 11.5 Å². The van der Waals surface area contributed by atoms with Gasteiger partial charge in [-0.2, -0.15) is 0 Å². The first-order chi connectivity index (χ1) is 12.3. The van der Waals surface area contributed by atoms with E-state index < -0.39 is 6.10 Å². The molecule has 0 unspecified atom stereocenters. The van der Waals surface area contributed by atoms with Crippen molar-refractivity contribution in [2.75, 3.05) is 5.32 Å². The summed E-state index contributed by atoms with van der Waals surface area (Å²) in [5.41, 5.74) is 2.90. The summed E-state index contributed by atoms with van der Waals surface area (Å²) in [6.07, 6.45) is -0.525. The topological polar surface area (TPSA) is 47.6 Å². The third-order valence-corrected chi connectivity index (χ3v) is 3.94. The van der Waals surface area contributed by atoms with Gasteiger partial charge in [-0.1, -0.05) is 32.0 Å². The molecule has 1 amide bonds. The predicted molar refractivity (Wildman–Crippen MR) is 106 cm³/mol. The minimum atomic E-state index is -0.607. The summed E-state index contributed by atoms with van der Waals surface area (Å²) in [5.74, 6) is 1.63. The molecular weight excluding hydrogens is 326 g/mol. The van der Waals surface area contributed by atoms with Crippen LogP contribution in [0, 0.1) is 6.92 Å². The van der Waals surface area contributed by atoms with Crippen molar-refractivity contribution in [3.63, 3.8) is 0 Å². The molecule has 1 atom stereocenters. The Balaban J connectivity index is 2.08. The molecule has 26 heavy (non-hydrogen) atoms. The quantitative estimate of drug-likeness (QED) is 0.732. The second-order valence-corrected chi connectivity index (χ2v) is 7.14. The van der Waals surface area contributed by atoms with Gasteiger partial charge >= 0.3 is 0 Å². The highest BCUT2D eigenvalue weighted by molar-refractivity contribution is 5.94. The number of ether oxygens (including phenoxy) is 2. The second kappa shape index (κ2) is 8.75. The molecule has 2 aromatic carbocycles. The van der Waals surface area contributed by atoms with Gasteiger partial charge in [0.25, 0.3) is 5.91 Å². The number of hydrogen-bond acceptors (Lipinski definition) is 3. The Bertz CT molecular complexity index is 753. The van der Waals surface area contributed by atoms with Gasteiger partial charge in [-0.05, 0) is 62.9 Å². The highest BCUT2D eigenvalue weighted by Crippen LogP contribution is 2.28. The van der Waals surface area contributed by atoms with Gasteiger partial charge in [-0.3, -0.25) is 4.79 Å². The Labute approximate surface area is 156 Å². The molecule has 0 radical (unpaired) electrons. The monoisotopic (exact) mass is 355 g/mol. The maximum atomic E-state index is 12.5. The average Bonchev–Trinajstić information content (AvgIpc) is 2.54. The summed E-state index contributed by atoms with van der Waals surface area (Å²) in [5, 5.41) is 2.89. The number of carbonyl (C=O) groups is 1. The zero-order valence-corrected chi connectivity index (χ0v) is 16.5. The number of anilines is 1. The summed E-state index contributed by atoms with van der Waals surface area (Å²) in [6, 6.07) is 13.5. The lowest BCUT2D eigenvalue weighted by Gasteiger charge is -2.19.